The zero-order valence-electron chi connectivity index (χ0n) is 13.7. The van der Waals surface area contributed by atoms with Crippen molar-refractivity contribution < 1.29 is 14.7 Å². The van der Waals surface area contributed by atoms with Crippen LogP contribution in [0.4, 0.5) is 0 Å². The lowest BCUT2D eigenvalue weighted by atomic mass is 10.0. The largest absolute Gasteiger partial charge is 0.480 e. The minimum absolute atomic E-state index is 0.0553. The quantitative estimate of drug-likeness (QED) is 0.888. The van der Waals surface area contributed by atoms with Crippen LogP contribution in [0.5, 0.6) is 0 Å². The molecule has 0 aliphatic heterocycles. The lowest BCUT2D eigenvalue weighted by Gasteiger charge is -2.14. The third kappa shape index (κ3) is 3.59. The van der Waals surface area contributed by atoms with Crippen molar-refractivity contribution in [3.05, 3.63) is 47.3 Å². The molecule has 23 heavy (non-hydrogen) atoms. The van der Waals surface area contributed by atoms with Crippen molar-refractivity contribution in [1.29, 1.82) is 0 Å². The molecule has 2 aromatic rings. The van der Waals surface area contributed by atoms with E-state index in [1.807, 2.05) is 45.0 Å². The summed E-state index contributed by atoms with van der Waals surface area (Å²) in [4.78, 5) is 23.3. The zero-order chi connectivity index (χ0) is 17.1. The average Bonchev–Trinajstić information content (AvgIpc) is 2.92. The first-order valence-corrected chi connectivity index (χ1v) is 7.50. The highest BCUT2D eigenvalue weighted by Crippen LogP contribution is 2.23. The molecule has 0 aliphatic rings. The van der Waals surface area contributed by atoms with Gasteiger partial charge in [-0.3, -0.25) is 9.59 Å². The molecule has 0 fully saturated rings. The molecule has 1 heterocycles. The van der Waals surface area contributed by atoms with E-state index >= 15 is 0 Å². The summed E-state index contributed by atoms with van der Waals surface area (Å²) >= 11 is 0. The van der Waals surface area contributed by atoms with Gasteiger partial charge >= 0.3 is 5.97 Å². The molecule has 1 amide bonds. The molecule has 0 radical (unpaired) electrons. The first kappa shape index (κ1) is 16.7. The fourth-order valence-corrected chi connectivity index (χ4v) is 2.32. The first-order chi connectivity index (χ1) is 10.8. The number of aliphatic carboxylic acids is 1. The standard InChI is InChI=1S/C17H21N3O3/c1-10(2)15-14(16(21)19-12(4)17(22)23)9-18-20(15)13-7-5-11(3)6-8-13/h5-10,12H,1-4H3,(H,19,21)(H,22,23)/t12-/m1/s1. The fourth-order valence-electron chi connectivity index (χ4n) is 2.32. The lowest BCUT2D eigenvalue weighted by Crippen LogP contribution is -2.38. The van der Waals surface area contributed by atoms with Gasteiger partial charge in [0, 0.05) is 0 Å². The van der Waals surface area contributed by atoms with E-state index in [1.54, 1.807) is 4.68 Å². The summed E-state index contributed by atoms with van der Waals surface area (Å²) < 4.78 is 1.73. The van der Waals surface area contributed by atoms with E-state index in [0.717, 1.165) is 16.9 Å². The van der Waals surface area contributed by atoms with E-state index in [-0.39, 0.29) is 5.92 Å². The van der Waals surface area contributed by atoms with E-state index in [9.17, 15) is 9.59 Å². The molecule has 2 rings (SSSR count). The monoisotopic (exact) mass is 315 g/mol. The number of carbonyl (C=O) groups excluding carboxylic acids is 1. The average molecular weight is 315 g/mol. The second kappa shape index (κ2) is 6.64. The Labute approximate surface area is 135 Å². The summed E-state index contributed by atoms with van der Waals surface area (Å²) in [5, 5.41) is 15.7. The number of rotatable bonds is 5. The number of hydrogen-bond acceptors (Lipinski definition) is 3. The molecule has 122 valence electrons. The first-order valence-electron chi connectivity index (χ1n) is 7.50. The smallest absolute Gasteiger partial charge is 0.325 e. The van der Waals surface area contributed by atoms with Crippen LogP contribution >= 0.6 is 0 Å². The van der Waals surface area contributed by atoms with Gasteiger partial charge in [0.05, 0.1) is 23.1 Å². The van der Waals surface area contributed by atoms with E-state index in [0.29, 0.717) is 5.56 Å². The third-order valence-electron chi connectivity index (χ3n) is 3.59. The maximum Gasteiger partial charge on any atom is 0.325 e. The summed E-state index contributed by atoms with van der Waals surface area (Å²) in [5.74, 6) is -1.45. The fraction of sp³-hybridized carbons (Fsp3) is 0.353. The maximum atomic E-state index is 12.4. The minimum Gasteiger partial charge on any atom is -0.480 e. The van der Waals surface area contributed by atoms with Crippen molar-refractivity contribution in [2.24, 2.45) is 0 Å². The van der Waals surface area contributed by atoms with Gasteiger partial charge in [0.15, 0.2) is 0 Å². The molecule has 1 aromatic heterocycles. The maximum absolute atomic E-state index is 12.4. The summed E-state index contributed by atoms with van der Waals surface area (Å²) in [6.07, 6.45) is 1.49. The molecule has 6 heteroatoms. The molecule has 0 unspecified atom stereocenters. The van der Waals surface area contributed by atoms with Crippen LogP contribution in [0.15, 0.2) is 30.5 Å². The van der Waals surface area contributed by atoms with Gasteiger partial charge in [-0.25, -0.2) is 4.68 Å². The van der Waals surface area contributed by atoms with Gasteiger partial charge in [0.25, 0.3) is 5.91 Å². The number of nitrogens with one attached hydrogen (secondary N) is 1. The number of carbonyl (C=O) groups is 2. The van der Waals surface area contributed by atoms with Crippen molar-refractivity contribution in [1.82, 2.24) is 15.1 Å². The van der Waals surface area contributed by atoms with Crippen LogP contribution < -0.4 is 5.32 Å². The molecule has 2 N–H and O–H groups in total. The number of amides is 1. The van der Waals surface area contributed by atoms with Gasteiger partial charge in [-0.2, -0.15) is 5.10 Å². The van der Waals surface area contributed by atoms with E-state index in [2.05, 4.69) is 10.4 Å². The normalized spacial score (nSPS) is 12.2. The van der Waals surface area contributed by atoms with Gasteiger partial charge in [0.2, 0.25) is 0 Å². The predicted octanol–water partition coefficient (Wildman–Crippen LogP) is 2.51. The van der Waals surface area contributed by atoms with Gasteiger partial charge in [-0.15, -0.1) is 0 Å². The Morgan fingerprint density at radius 1 is 1.17 bits per heavy atom. The number of aryl methyl sites for hydroxylation is 1. The molecule has 6 nitrogen and oxygen atoms in total. The molecule has 1 aromatic carbocycles. The van der Waals surface area contributed by atoms with Crippen molar-refractivity contribution in [2.45, 2.75) is 39.7 Å². The Bertz CT molecular complexity index is 717. The number of aromatic nitrogens is 2. The van der Waals surface area contributed by atoms with Crippen LogP contribution in [0.25, 0.3) is 5.69 Å². The van der Waals surface area contributed by atoms with Crippen LogP contribution in [0, 0.1) is 6.92 Å². The van der Waals surface area contributed by atoms with Gasteiger partial charge in [-0.1, -0.05) is 31.5 Å². The number of hydrogen-bond donors (Lipinski definition) is 2. The Hall–Kier alpha value is -2.63. The van der Waals surface area contributed by atoms with Crippen LogP contribution in [-0.4, -0.2) is 32.8 Å². The highest BCUT2D eigenvalue weighted by Gasteiger charge is 2.23. The van der Waals surface area contributed by atoms with Gasteiger partial charge in [0.1, 0.15) is 6.04 Å². The van der Waals surface area contributed by atoms with Crippen LogP contribution in [-0.2, 0) is 4.79 Å². The van der Waals surface area contributed by atoms with Crippen LogP contribution in [0.3, 0.4) is 0 Å². The van der Waals surface area contributed by atoms with E-state index in [1.165, 1.54) is 13.1 Å². The predicted molar refractivity (Wildman–Crippen MR) is 87.0 cm³/mol. The van der Waals surface area contributed by atoms with Crippen molar-refractivity contribution in [3.8, 4) is 5.69 Å². The van der Waals surface area contributed by atoms with Crippen molar-refractivity contribution in [2.75, 3.05) is 0 Å². The van der Waals surface area contributed by atoms with Gasteiger partial charge < -0.3 is 10.4 Å². The molecule has 0 aliphatic carbocycles. The zero-order valence-corrected chi connectivity index (χ0v) is 13.7. The molecular weight excluding hydrogens is 294 g/mol. The highest BCUT2D eigenvalue weighted by atomic mass is 16.4. The number of carboxylic acid groups (broad SMARTS) is 1. The van der Waals surface area contributed by atoms with Crippen LogP contribution in [0.2, 0.25) is 0 Å². The number of benzene rings is 1. The number of carboxylic acids is 1. The van der Waals surface area contributed by atoms with Crippen molar-refractivity contribution in [3.63, 3.8) is 0 Å². The summed E-state index contributed by atoms with van der Waals surface area (Å²) in [6, 6.07) is 6.89. The topological polar surface area (TPSA) is 84.2 Å². The van der Waals surface area contributed by atoms with Crippen LogP contribution in [0.1, 0.15) is 48.3 Å². The Morgan fingerprint density at radius 2 is 1.78 bits per heavy atom. The molecule has 0 bridgehead atoms. The molecule has 1 atom stereocenters. The molecular formula is C17H21N3O3. The third-order valence-corrected chi connectivity index (χ3v) is 3.59. The Balaban J connectivity index is 2.41. The minimum atomic E-state index is -1.07. The summed E-state index contributed by atoms with van der Waals surface area (Å²) in [6.45, 7) is 7.38. The Morgan fingerprint density at radius 3 is 2.30 bits per heavy atom. The molecule has 0 saturated carbocycles. The number of nitrogens with zero attached hydrogens (tertiary/aromatic N) is 2. The Kier molecular flexibility index (Phi) is 4.83. The van der Waals surface area contributed by atoms with E-state index in [4.69, 9.17) is 5.11 Å². The van der Waals surface area contributed by atoms with E-state index < -0.39 is 17.9 Å². The van der Waals surface area contributed by atoms with Gasteiger partial charge in [-0.05, 0) is 31.9 Å². The molecule has 0 saturated heterocycles. The SMILES string of the molecule is Cc1ccc(-n2ncc(C(=O)N[C@H](C)C(=O)O)c2C(C)C)cc1. The lowest BCUT2D eigenvalue weighted by molar-refractivity contribution is -0.138. The summed E-state index contributed by atoms with van der Waals surface area (Å²) in [7, 11) is 0. The molecule has 0 spiro atoms. The highest BCUT2D eigenvalue weighted by molar-refractivity contribution is 5.97. The summed E-state index contributed by atoms with van der Waals surface area (Å²) in [5.41, 5.74) is 3.16. The second-order valence-electron chi connectivity index (χ2n) is 5.88. The second-order valence-corrected chi connectivity index (χ2v) is 5.88. The van der Waals surface area contributed by atoms with Crippen molar-refractivity contribution >= 4 is 11.9 Å².